The fourth-order valence-electron chi connectivity index (χ4n) is 0.204. The molecule has 0 radical (unpaired) electrons. The molecule has 1 nitrogen and oxygen atoms in total. The van der Waals surface area contributed by atoms with Crippen molar-refractivity contribution in [2.75, 3.05) is 6.61 Å². The minimum atomic E-state index is 0.310. The number of aliphatic hydroxyl groups is 1. The van der Waals surface area contributed by atoms with E-state index in [2.05, 4.69) is 16.2 Å². The molecular formula is C4H11OP. The molecule has 0 aromatic heterocycles. The molecule has 2 unspecified atom stereocenters. The second kappa shape index (κ2) is 3.58. The van der Waals surface area contributed by atoms with Crippen molar-refractivity contribution in [1.29, 1.82) is 0 Å². The second-order valence-electron chi connectivity index (χ2n) is 1.49. The van der Waals surface area contributed by atoms with Crippen LogP contribution in [-0.4, -0.2) is 17.4 Å². The molecule has 38 valence electrons. The predicted molar refractivity (Wildman–Crippen MR) is 30.9 cm³/mol. The Morgan fingerprint density at radius 3 is 2.33 bits per heavy atom. The smallest absolute Gasteiger partial charge is 0.0436 e. The highest BCUT2D eigenvalue weighted by Crippen LogP contribution is 2.00. The fraction of sp³-hybridized carbons (Fsp3) is 1.00. The Morgan fingerprint density at radius 1 is 1.83 bits per heavy atom. The summed E-state index contributed by atoms with van der Waals surface area (Å²) in [5, 5.41) is 8.22. The molecule has 6 heavy (non-hydrogen) atoms. The Hall–Kier alpha value is 0.390. The van der Waals surface area contributed by atoms with E-state index in [0.717, 1.165) is 6.42 Å². The number of rotatable bonds is 2. The highest BCUT2D eigenvalue weighted by molar-refractivity contribution is 7.17. The number of aliphatic hydroxyl groups excluding tert-OH is 1. The van der Waals surface area contributed by atoms with Gasteiger partial charge in [-0.3, -0.25) is 0 Å². The lowest BCUT2D eigenvalue weighted by Crippen LogP contribution is -1.92. The molecule has 0 spiro atoms. The first-order valence-corrected chi connectivity index (χ1v) is 2.80. The van der Waals surface area contributed by atoms with E-state index in [-0.39, 0.29) is 0 Å². The van der Waals surface area contributed by atoms with Gasteiger partial charge in [0.25, 0.3) is 0 Å². The third kappa shape index (κ3) is 4.39. The summed E-state index contributed by atoms with van der Waals surface area (Å²) in [6, 6.07) is 0. The molecule has 0 aliphatic carbocycles. The first-order chi connectivity index (χ1) is 2.77. The van der Waals surface area contributed by atoms with Gasteiger partial charge in [-0.05, 0) is 12.1 Å². The van der Waals surface area contributed by atoms with Crippen molar-refractivity contribution < 1.29 is 5.11 Å². The SMILES string of the molecule is CC(P)CCO. The molecule has 2 heteroatoms. The van der Waals surface area contributed by atoms with Crippen molar-refractivity contribution in [2.45, 2.75) is 19.0 Å². The van der Waals surface area contributed by atoms with Crippen molar-refractivity contribution in [2.24, 2.45) is 0 Å². The van der Waals surface area contributed by atoms with Gasteiger partial charge in [0.05, 0.1) is 0 Å². The van der Waals surface area contributed by atoms with Crippen molar-refractivity contribution in [1.82, 2.24) is 0 Å². The zero-order chi connectivity index (χ0) is 4.99. The normalized spacial score (nSPS) is 14.5. The maximum atomic E-state index is 8.22. The first-order valence-electron chi connectivity index (χ1n) is 2.14. The highest BCUT2D eigenvalue weighted by Gasteiger charge is 1.86. The summed E-state index contributed by atoms with van der Waals surface area (Å²) in [7, 11) is 2.62. The molecule has 0 aromatic carbocycles. The van der Waals surface area contributed by atoms with Crippen LogP contribution in [0.15, 0.2) is 0 Å². The monoisotopic (exact) mass is 106 g/mol. The molecule has 0 aliphatic heterocycles. The van der Waals surface area contributed by atoms with E-state index < -0.39 is 0 Å². The van der Waals surface area contributed by atoms with E-state index in [4.69, 9.17) is 5.11 Å². The van der Waals surface area contributed by atoms with Gasteiger partial charge >= 0.3 is 0 Å². The van der Waals surface area contributed by atoms with Gasteiger partial charge in [0, 0.05) is 6.61 Å². The van der Waals surface area contributed by atoms with Crippen molar-refractivity contribution in [3.05, 3.63) is 0 Å². The predicted octanol–water partition coefficient (Wildman–Crippen LogP) is 0.632. The van der Waals surface area contributed by atoms with E-state index >= 15 is 0 Å². The molecule has 0 aliphatic rings. The van der Waals surface area contributed by atoms with Gasteiger partial charge in [-0.2, -0.15) is 0 Å². The van der Waals surface area contributed by atoms with Crippen LogP contribution in [0.3, 0.4) is 0 Å². The standard InChI is InChI=1S/C4H11OP/c1-4(6)2-3-5/h4-5H,2-3,6H2,1H3. The third-order valence-corrected chi connectivity index (χ3v) is 0.918. The summed E-state index contributed by atoms with van der Waals surface area (Å²) in [4.78, 5) is 0. The average molecular weight is 106 g/mol. The summed E-state index contributed by atoms with van der Waals surface area (Å²) in [6.45, 7) is 2.37. The quantitative estimate of drug-likeness (QED) is 0.512. The largest absolute Gasteiger partial charge is 0.396 e. The van der Waals surface area contributed by atoms with Crippen molar-refractivity contribution >= 4 is 9.24 Å². The van der Waals surface area contributed by atoms with E-state index in [0.29, 0.717) is 12.3 Å². The molecule has 0 amide bonds. The van der Waals surface area contributed by atoms with Crippen LogP contribution in [0.1, 0.15) is 13.3 Å². The lowest BCUT2D eigenvalue weighted by atomic mass is 10.3. The van der Waals surface area contributed by atoms with Crippen LogP contribution in [0.25, 0.3) is 0 Å². The van der Waals surface area contributed by atoms with Crippen LogP contribution in [0.2, 0.25) is 0 Å². The highest BCUT2D eigenvalue weighted by atomic mass is 31.0. The second-order valence-corrected chi connectivity index (χ2v) is 2.63. The van der Waals surface area contributed by atoms with Gasteiger partial charge < -0.3 is 5.11 Å². The van der Waals surface area contributed by atoms with Crippen LogP contribution in [0, 0.1) is 0 Å². The van der Waals surface area contributed by atoms with E-state index in [1.54, 1.807) is 0 Å². The molecule has 0 heterocycles. The Bertz CT molecular complexity index is 28.7. The summed E-state index contributed by atoms with van der Waals surface area (Å²) >= 11 is 0. The summed E-state index contributed by atoms with van der Waals surface area (Å²) < 4.78 is 0. The summed E-state index contributed by atoms with van der Waals surface area (Å²) in [5.41, 5.74) is 0.565. The fourth-order valence-corrected chi connectivity index (χ4v) is 0.353. The molecule has 1 N–H and O–H groups in total. The minimum Gasteiger partial charge on any atom is -0.396 e. The molecule has 0 rings (SSSR count). The van der Waals surface area contributed by atoms with Gasteiger partial charge in [0.1, 0.15) is 0 Å². The van der Waals surface area contributed by atoms with Crippen LogP contribution >= 0.6 is 9.24 Å². The number of hydrogen-bond acceptors (Lipinski definition) is 1. The molecule has 0 saturated carbocycles. The first kappa shape index (κ1) is 6.39. The lowest BCUT2D eigenvalue weighted by molar-refractivity contribution is 0.289. The Balaban J connectivity index is 2.63. The molecule has 0 saturated heterocycles. The molecule has 0 bridgehead atoms. The average Bonchev–Trinajstić information content (AvgIpc) is 1.35. The molecule has 0 fully saturated rings. The molecule has 2 atom stereocenters. The maximum Gasteiger partial charge on any atom is 0.0436 e. The van der Waals surface area contributed by atoms with E-state index in [1.807, 2.05) is 0 Å². The van der Waals surface area contributed by atoms with Gasteiger partial charge in [0.15, 0.2) is 0 Å². The van der Waals surface area contributed by atoms with Gasteiger partial charge in [-0.25, -0.2) is 0 Å². The zero-order valence-corrected chi connectivity index (χ0v) is 5.17. The Kier molecular flexibility index (Phi) is 3.81. The van der Waals surface area contributed by atoms with Gasteiger partial charge in [-0.15, -0.1) is 9.24 Å². The summed E-state index contributed by atoms with van der Waals surface area (Å²) in [6.07, 6.45) is 0.894. The van der Waals surface area contributed by atoms with Crippen molar-refractivity contribution in [3.63, 3.8) is 0 Å². The number of hydrogen-bond donors (Lipinski definition) is 1. The summed E-state index contributed by atoms with van der Waals surface area (Å²) in [5.74, 6) is 0. The van der Waals surface area contributed by atoms with Crippen LogP contribution in [-0.2, 0) is 0 Å². The Morgan fingerprint density at radius 2 is 2.33 bits per heavy atom. The van der Waals surface area contributed by atoms with Crippen LogP contribution < -0.4 is 0 Å². The zero-order valence-electron chi connectivity index (χ0n) is 4.02. The molecular weight excluding hydrogens is 95.0 g/mol. The van der Waals surface area contributed by atoms with Crippen molar-refractivity contribution in [3.8, 4) is 0 Å². The van der Waals surface area contributed by atoms with E-state index in [9.17, 15) is 0 Å². The third-order valence-electron chi connectivity index (χ3n) is 0.584. The van der Waals surface area contributed by atoms with Crippen LogP contribution in [0.5, 0.6) is 0 Å². The minimum absolute atomic E-state index is 0.310. The molecule has 0 aromatic rings. The lowest BCUT2D eigenvalue weighted by Gasteiger charge is -1.95. The Labute approximate surface area is 41.0 Å². The maximum absolute atomic E-state index is 8.22. The van der Waals surface area contributed by atoms with Gasteiger partial charge in [0.2, 0.25) is 0 Å². The van der Waals surface area contributed by atoms with E-state index in [1.165, 1.54) is 0 Å². The topological polar surface area (TPSA) is 20.2 Å². The van der Waals surface area contributed by atoms with Crippen LogP contribution in [0.4, 0.5) is 0 Å². The van der Waals surface area contributed by atoms with Gasteiger partial charge in [-0.1, -0.05) is 6.92 Å².